The number of amides is 3. The molecule has 168 valence electrons. The first-order valence-electron chi connectivity index (χ1n) is 9.91. The van der Waals surface area contributed by atoms with E-state index in [2.05, 4.69) is 15.6 Å². The van der Waals surface area contributed by atoms with Crippen LogP contribution in [0.1, 0.15) is 39.9 Å². The largest absolute Gasteiger partial charge is 0.369 e. The van der Waals surface area contributed by atoms with Crippen LogP contribution in [0.2, 0.25) is 5.02 Å². The van der Waals surface area contributed by atoms with Crippen molar-refractivity contribution in [1.29, 1.82) is 0 Å². The molecule has 0 spiro atoms. The van der Waals surface area contributed by atoms with E-state index in [1.807, 2.05) is 24.0 Å². The molecule has 2 aromatic rings. The summed E-state index contributed by atoms with van der Waals surface area (Å²) in [7, 11) is 0. The third-order valence-corrected chi connectivity index (χ3v) is 5.92. The topological polar surface area (TPSA) is 117 Å². The maximum Gasteiger partial charge on any atom is 0.257 e. The van der Waals surface area contributed by atoms with Gasteiger partial charge in [0, 0.05) is 30.1 Å². The first-order valence-corrected chi connectivity index (χ1v) is 10.3. The first-order chi connectivity index (χ1) is 14.8. The minimum atomic E-state index is -0.373. The molecule has 1 saturated heterocycles. The number of guanidine groups is 1. The lowest BCUT2D eigenvalue weighted by Gasteiger charge is -2.29. The number of piperidine rings is 1. The minimum Gasteiger partial charge on any atom is -0.369 e. The van der Waals surface area contributed by atoms with Gasteiger partial charge >= 0.3 is 0 Å². The summed E-state index contributed by atoms with van der Waals surface area (Å²) in [5, 5.41) is 5.55. The van der Waals surface area contributed by atoms with Gasteiger partial charge in [-0.05, 0) is 54.3 Å². The van der Waals surface area contributed by atoms with E-state index < -0.39 is 0 Å². The smallest absolute Gasteiger partial charge is 0.257 e. The summed E-state index contributed by atoms with van der Waals surface area (Å²) in [6.45, 7) is 3.02. The van der Waals surface area contributed by atoms with Crippen LogP contribution in [-0.2, 0) is 22.7 Å². The lowest BCUT2D eigenvalue weighted by molar-refractivity contribution is -0.137. The Bertz CT molecular complexity index is 1120. The van der Waals surface area contributed by atoms with E-state index in [9.17, 15) is 14.4 Å². The van der Waals surface area contributed by atoms with Crippen molar-refractivity contribution >= 4 is 53.4 Å². The number of carbonyl (C=O) groups is 3. The Balaban J connectivity index is 0.00000289. The van der Waals surface area contributed by atoms with Crippen molar-refractivity contribution in [3.8, 4) is 0 Å². The zero-order chi connectivity index (χ0) is 22.1. The summed E-state index contributed by atoms with van der Waals surface area (Å²) >= 11 is 6.09. The van der Waals surface area contributed by atoms with Crippen LogP contribution < -0.4 is 16.4 Å². The Morgan fingerprint density at radius 3 is 2.66 bits per heavy atom. The van der Waals surface area contributed by atoms with Gasteiger partial charge in [0.2, 0.25) is 17.8 Å². The molecular weight excluding hydrogens is 453 g/mol. The molecule has 0 saturated carbocycles. The van der Waals surface area contributed by atoms with E-state index in [-0.39, 0.29) is 42.1 Å². The van der Waals surface area contributed by atoms with Crippen molar-refractivity contribution in [3.63, 3.8) is 0 Å². The number of nitrogens with two attached hydrogens (primary N) is 1. The lowest BCUT2D eigenvalue weighted by atomic mass is 10.0. The predicted molar refractivity (Wildman–Crippen MR) is 124 cm³/mol. The van der Waals surface area contributed by atoms with Crippen LogP contribution in [0.5, 0.6) is 0 Å². The summed E-state index contributed by atoms with van der Waals surface area (Å²) in [4.78, 5) is 42.4. The monoisotopic (exact) mass is 475 g/mol. The third-order valence-electron chi connectivity index (χ3n) is 5.51. The SMILES string of the molecule is Cc1ccc(N=C(N)NC(=O)c2ccc3c(c2)CN(C2CCC(=O)NC2=O)C3)cc1Cl.Cl. The van der Waals surface area contributed by atoms with E-state index >= 15 is 0 Å². The molecule has 4 rings (SSSR count). The second-order valence-electron chi connectivity index (χ2n) is 7.74. The Morgan fingerprint density at radius 1 is 1.19 bits per heavy atom. The van der Waals surface area contributed by atoms with Gasteiger partial charge in [0.1, 0.15) is 0 Å². The molecule has 1 fully saturated rings. The van der Waals surface area contributed by atoms with Crippen LogP contribution in [0.3, 0.4) is 0 Å². The quantitative estimate of drug-likeness (QED) is 0.358. The van der Waals surface area contributed by atoms with Gasteiger partial charge < -0.3 is 5.73 Å². The normalized spacial score (nSPS) is 18.6. The van der Waals surface area contributed by atoms with Crippen molar-refractivity contribution in [3.05, 3.63) is 63.7 Å². The highest BCUT2D eigenvalue weighted by molar-refractivity contribution is 6.31. The average Bonchev–Trinajstić information content (AvgIpc) is 3.13. The van der Waals surface area contributed by atoms with Gasteiger partial charge in [-0.3, -0.25) is 29.9 Å². The number of halogens is 2. The molecule has 1 unspecified atom stereocenters. The Kier molecular flexibility index (Phi) is 7.18. The number of hydrogen-bond acceptors (Lipinski definition) is 5. The second kappa shape index (κ2) is 9.68. The van der Waals surface area contributed by atoms with E-state index in [0.29, 0.717) is 42.2 Å². The van der Waals surface area contributed by atoms with Gasteiger partial charge in [-0.1, -0.05) is 23.7 Å². The molecule has 3 amide bonds. The molecule has 2 aliphatic heterocycles. The number of benzene rings is 2. The predicted octanol–water partition coefficient (Wildman–Crippen LogP) is 2.57. The molecule has 2 heterocycles. The zero-order valence-electron chi connectivity index (χ0n) is 17.4. The van der Waals surface area contributed by atoms with Crippen molar-refractivity contribution in [2.75, 3.05) is 0 Å². The molecule has 0 bridgehead atoms. The van der Waals surface area contributed by atoms with Gasteiger partial charge in [0.05, 0.1) is 11.7 Å². The maximum absolute atomic E-state index is 12.6. The van der Waals surface area contributed by atoms with Crippen molar-refractivity contribution in [2.45, 2.75) is 38.9 Å². The average molecular weight is 476 g/mol. The number of nitrogens with one attached hydrogen (secondary N) is 2. The highest BCUT2D eigenvalue weighted by Gasteiger charge is 2.34. The van der Waals surface area contributed by atoms with Crippen molar-refractivity contribution < 1.29 is 14.4 Å². The summed E-state index contributed by atoms with van der Waals surface area (Å²) in [6.07, 6.45) is 0.837. The summed E-state index contributed by atoms with van der Waals surface area (Å²) in [5.41, 5.74) is 9.82. The van der Waals surface area contributed by atoms with Crippen LogP contribution in [0, 0.1) is 6.92 Å². The van der Waals surface area contributed by atoms with Crippen LogP contribution in [0.25, 0.3) is 0 Å². The van der Waals surface area contributed by atoms with E-state index in [1.54, 1.807) is 24.3 Å². The number of fused-ring (bicyclic) bond motifs is 1. The van der Waals surface area contributed by atoms with Gasteiger partial charge in [0.15, 0.2) is 0 Å². The molecule has 32 heavy (non-hydrogen) atoms. The fourth-order valence-corrected chi connectivity index (χ4v) is 3.99. The molecule has 1 atom stereocenters. The van der Waals surface area contributed by atoms with E-state index in [0.717, 1.165) is 16.7 Å². The van der Waals surface area contributed by atoms with Gasteiger partial charge in [0.25, 0.3) is 5.91 Å². The maximum atomic E-state index is 12.6. The number of nitrogens with zero attached hydrogens (tertiary/aromatic N) is 2. The molecule has 10 heteroatoms. The number of hydrogen-bond donors (Lipinski definition) is 3. The Hall–Kier alpha value is -2.94. The number of aliphatic imine (C=N–C) groups is 1. The van der Waals surface area contributed by atoms with Crippen LogP contribution in [-0.4, -0.2) is 34.6 Å². The number of carbonyl (C=O) groups excluding carboxylic acids is 3. The molecule has 8 nitrogen and oxygen atoms in total. The van der Waals surface area contributed by atoms with E-state index in [1.165, 1.54) is 0 Å². The van der Waals surface area contributed by atoms with Crippen molar-refractivity contribution in [2.24, 2.45) is 10.7 Å². The molecule has 2 aliphatic rings. The van der Waals surface area contributed by atoms with Gasteiger partial charge in [-0.2, -0.15) is 0 Å². The van der Waals surface area contributed by atoms with Crippen LogP contribution in [0.4, 0.5) is 5.69 Å². The fourth-order valence-electron chi connectivity index (χ4n) is 3.82. The second-order valence-corrected chi connectivity index (χ2v) is 8.15. The Labute approximate surface area is 196 Å². The number of aryl methyl sites for hydroxylation is 1. The molecule has 0 aliphatic carbocycles. The first kappa shape index (κ1) is 23.7. The summed E-state index contributed by atoms with van der Waals surface area (Å²) in [6, 6.07) is 10.3. The Morgan fingerprint density at radius 2 is 1.94 bits per heavy atom. The molecule has 0 radical (unpaired) electrons. The van der Waals surface area contributed by atoms with Gasteiger partial charge in [-0.15, -0.1) is 12.4 Å². The van der Waals surface area contributed by atoms with E-state index in [4.69, 9.17) is 17.3 Å². The number of imide groups is 1. The third kappa shape index (κ3) is 5.09. The number of rotatable bonds is 3. The zero-order valence-corrected chi connectivity index (χ0v) is 18.9. The molecular formula is C22H23Cl2N5O3. The van der Waals surface area contributed by atoms with Crippen LogP contribution >= 0.6 is 24.0 Å². The lowest BCUT2D eigenvalue weighted by Crippen LogP contribution is -2.50. The standard InChI is InChI=1S/C22H22ClN5O3.ClH/c1-12-2-5-16(9-17(12)23)25-22(24)27-20(30)13-3-4-14-10-28(11-15(14)8-13)18-6-7-19(29)26-21(18)31;/h2-5,8-9,18H,6-7,10-11H2,1H3,(H,26,29,31)(H3,24,25,27,30);1H. The molecule has 0 aromatic heterocycles. The molecule has 2 aromatic carbocycles. The van der Waals surface area contributed by atoms with Gasteiger partial charge in [-0.25, -0.2) is 4.99 Å². The highest BCUT2D eigenvalue weighted by Crippen LogP contribution is 2.28. The summed E-state index contributed by atoms with van der Waals surface area (Å²) in [5.74, 6) is -0.899. The summed E-state index contributed by atoms with van der Waals surface area (Å²) < 4.78 is 0. The van der Waals surface area contributed by atoms with Crippen LogP contribution in [0.15, 0.2) is 41.4 Å². The minimum absolute atomic E-state index is 0. The van der Waals surface area contributed by atoms with Crippen molar-refractivity contribution in [1.82, 2.24) is 15.5 Å². The molecule has 4 N–H and O–H groups in total. The highest BCUT2D eigenvalue weighted by atomic mass is 35.5. The fraction of sp³-hybridized carbons (Fsp3) is 0.273.